The van der Waals surface area contributed by atoms with Crippen LogP contribution in [0, 0.1) is 13.8 Å². The minimum Gasteiger partial charge on any atom is -0.310 e. The molecule has 0 saturated heterocycles. The molecule has 252 valence electrons. The summed E-state index contributed by atoms with van der Waals surface area (Å²) in [6, 6.07) is 69.4. The smallest absolute Gasteiger partial charge is 0.0719 e. The van der Waals surface area contributed by atoms with E-state index >= 15 is 0 Å². The Balaban J connectivity index is 1.21. The van der Waals surface area contributed by atoms with Gasteiger partial charge in [0.1, 0.15) is 0 Å². The van der Waals surface area contributed by atoms with Crippen molar-refractivity contribution >= 4 is 48.6 Å². The molecule has 2 heteroatoms. The van der Waals surface area contributed by atoms with Crippen LogP contribution in [0.1, 0.15) is 33.4 Å². The van der Waals surface area contributed by atoms with E-state index in [4.69, 9.17) is 0 Å². The van der Waals surface area contributed by atoms with Gasteiger partial charge in [0.05, 0.1) is 11.1 Å². The summed E-state index contributed by atoms with van der Waals surface area (Å²) in [6.45, 7) is 4.56. The van der Waals surface area contributed by atoms with E-state index in [1.807, 2.05) is 11.3 Å². The molecule has 1 aliphatic carbocycles. The molecule has 0 N–H and O–H groups in total. The molecule has 0 spiro atoms. The number of hydrogen-bond donors (Lipinski definition) is 0. The van der Waals surface area contributed by atoms with Gasteiger partial charge in [0.2, 0.25) is 0 Å². The van der Waals surface area contributed by atoms with Crippen molar-refractivity contribution in [3.05, 3.63) is 221 Å². The monoisotopic (exact) mass is 695 g/mol. The minimum absolute atomic E-state index is 0.480. The third-order valence-electron chi connectivity index (χ3n) is 11.2. The fourth-order valence-corrected chi connectivity index (χ4v) is 10.2. The molecular formula is C51H37NS. The molecule has 0 aliphatic heterocycles. The molecule has 0 unspecified atom stereocenters. The van der Waals surface area contributed by atoms with Crippen LogP contribution in [0.4, 0.5) is 17.1 Å². The zero-order valence-electron chi connectivity index (χ0n) is 29.8. The lowest BCUT2D eigenvalue weighted by Crippen LogP contribution is -2.29. The third-order valence-corrected chi connectivity index (χ3v) is 12.3. The summed E-state index contributed by atoms with van der Waals surface area (Å²) in [5.41, 5.74) is 15.9. The zero-order valence-corrected chi connectivity index (χ0v) is 30.6. The number of nitrogens with zero attached hydrogens (tertiary/aromatic N) is 1. The van der Waals surface area contributed by atoms with Gasteiger partial charge in [-0.3, -0.25) is 0 Å². The van der Waals surface area contributed by atoms with Gasteiger partial charge in [0.25, 0.3) is 0 Å². The minimum atomic E-state index is -0.480. The zero-order chi connectivity index (χ0) is 35.5. The summed E-state index contributed by atoms with van der Waals surface area (Å²) in [5.74, 6) is 0. The number of aryl methyl sites for hydroxylation is 2. The third kappa shape index (κ3) is 4.76. The molecule has 0 atom stereocenters. The molecule has 0 radical (unpaired) electrons. The highest BCUT2D eigenvalue weighted by atomic mass is 32.1. The van der Waals surface area contributed by atoms with E-state index in [9.17, 15) is 0 Å². The Morgan fingerprint density at radius 2 is 1.04 bits per heavy atom. The molecule has 9 aromatic rings. The van der Waals surface area contributed by atoms with Gasteiger partial charge >= 0.3 is 0 Å². The van der Waals surface area contributed by atoms with Gasteiger partial charge in [-0.1, -0.05) is 146 Å². The first-order chi connectivity index (χ1) is 26.1. The summed E-state index contributed by atoms with van der Waals surface area (Å²) in [5, 5.41) is 2.59. The fraction of sp³-hybridized carbons (Fsp3) is 0.0588. The number of fused-ring (bicyclic) bond motifs is 6. The van der Waals surface area contributed by atoms with Gasteiger partial charge < -0.3 is 4.90 Å². The lowest BCUT2D eigenvalue weighted by atomic mass is 9.65. The van der Waals surface area contributed by atoms with Crippen LogP contribution in [0.25, 0.3) is 42.4 Å². The Morgan fingerprint density at radius 3 is 1.77 bits per heavy atom. The van der Waals surface area contributed by atoms with Crippen LogP contribution in [-0.2, 0) is 5.41 Å². The van der Waals surface area contributed by atoms with E-state index < -0.39 is 5.41 Å². The Bertz CT molecular complexity index is 2770. The van der Waals surface area contributed by atoms with Gasteiger partial charge in [-0.25, -0.2) is 0 Å². The van der Waals surface area contributed by atoms with E-state index in [2.05, 4.69) is 207 Å². The molecular weight excluding hydrogens is 659 g/mol. The van der Waals surface area contributed by atoms with Gasteiger partial charge in [-0.15, -0.1) is 11.3 Å². The lowest BCUT2D eigenvalue weighted by Gasteiger charge is -2.36. The first-order valence-electron chi connectivity index (χ1n) is 18.4. The van der Waals surface area contributed by atoms with Crippen LogP contribution in [0.15, 0.2) is 188 Å². The Hall–Kier alpha value is -6.22. The van der Waals surface area contributed by atoms with Crippen molar-refractivity contribution in [2.24, 2.45) is 0 Å². The first-order valence-corrected chi connectivity index (χ1v) is 19.2. The molecule has 0 bridgehead atoms. The predicted molar refractivity (Wildman–Crippen MR) is 226 cm³/mol. The standard InChI is InChI=1S/C51H37NS/c1-34-17-15-27-45(51(36-18-5-3-6-19-36)43-25-12-9-22-40(43)41-23-10-13-26-44(41)51)49(34)39-32-31-38(33-35(39)2)52(37-20-7-4-8-21-37)46-28-16-30-48-50(46)42-24-11-14-29-47(42)53-48/h3-33H,1-2H3. The summed E-state index contributed by atoms with van der Waals surface area (Å²) < 4.78 is 2.61. The molecule has 0 saturated carbocycles. The summed E-state index contributed by atoms with van der Waals surface area (Å²) in [7, 11) is 0. The first kappa shape index (κ1) is 31.5. The van der Waals surface area contributed by atoms with Crippen molar-refractivity contribution < 1.29 is 0 Å². The van der Waals surface area contributed by atoms with Gasteiger partial charge in [-0.2, -0.15) is 0 Å². The number of rotatable bonds is 6. The topological polar surface area (TPSA) is 3.24 Å². The average Bonchev–Trinajstić information content (AvgIpc) is 3.74. The van der Waals surface area contributed by atoms with Crippen molar-refractivity contribution in [1.29, 1.82) is 0 Å². The van der Waals surface area contributed by atoms with E-state index in [1.165, 1.54) is 81.5 Å². The van der Waals surface area contributed by atoms with E-state index in [-0.39, 0.29) is 0 Å². The number of hydrogen-bond acceptors (Lipinski definition) is 2. The maximum atomic E-state index is 2.44. The maximum absolute atomic E-state index is 2.44. The second-order valence-electron chi connectivity index (χ2n) is 14.1. The lowest BCUT2D eigenvalue weighted by molar-refractivity contribution is 0.769. The number of benzene rings is 8. The van der Waals surface area contributed by atoms with Crippen molar-refractivity contribution in [2.45, 2.75) is 19.3 Å². The van der Waals surface area contributed by atoms with Crippen LogP contribution >= 0.6 is 11.3 Å². The van der Waals surface area contributed by atoms with E-state index in [0.717, 1.165) is 11.4 Å². The molecule has 1 aliphatic rings. The van der Waals surface area contributed by atoms with Crippen LogP contribution in [0.2, 0.25) is 0 Å². The maximum Gasteiger partial charge on any atom is 0.0719 e. The molecule has 53 heavy (non-hydrogen) atoms. The van der Waals surface area contributed by atoms with E-state index in [0.29, 0.717) is 0 Å². The van der Waals surface area contributed by atoms with Crippen molar-refractivity contribution in [2.75, 3.05) is 4.90 Å². The Labute approximate surface area is 315 Å². The van der Waals surface area contributed by atoms with Gasteiger partial charge in [0.15, 0.2) is 0 Å². The second kappa shape index (κ2) is 12.5. The predicted octanol–water partition coefficient (Wildman–Crippen LogP) is 14.2. The van der Waals surface area contributed by atoms with Gasteiger partial charge in [0, 0.05) is 31.5 Å². The SMILES string of the molecule is Cc1cc(N(c2ccccc2)c2cccc3sc4ccccc4c23)ccc1-c1c(C)cccc1C1(c2ccccc2)c2ccccc2-c2ccccc21. The van der Waals surface area contributed by atoms with Crippen molar-refractivity contribution in [3.63, 3.8) is 0 Å². The van der Waals surface area contributed by atoms with Crippen LogP contribution < -0.4 is 4.90 Å². The quantitative estimate of drug-likeness (QED) is 0.167. The second-order valence-corrected chi connectivity index (χ2v) is 15.2. The van der Waals surface area contributed by atoms with Crippen LogP contribution in [0.5, 0.6) is 0 Å². The van der Waals surface area contributed by atoms with Crippen LogP contribution in [0.3, 0.4) is 0 Å². The summed E-state index contributed by atoms with van der Waals surface area (Å²) in [6.07, 6.45) is 0. The average molecular weight is 696 g/mol. The van der Waals surface area contributed by atoms with Crippen molar-refractivity contribution in [1.82, 2.24) is 0 Å². The molecule has 1 heterocycles. The molecule has 8 aromatic carbocycles. The fourth-order valence-electron chi connectivity index (χ4n) is 9.03. The summed E-state index contributed by atoms with van der Waals surface area (Å²) in [4.78, 5) is 2.44. The number of thiophene rings is 1. The Morgan fingerprint density at radius 1 is 0.434 bits per heavy atom. The highest BCUT2D eigenvalue weighted by molar-refractivity contribution is 7.26. The van der Waals surface area contributed by atoms with Crippen LogP contribution in [-0.4, -0.2) is 0 Å². The number of anilines is 3. The molecule has 1 nitrogen and oxygen atoms in total. The van der Waals surface area contributed by atoms with Crippen molar-refractivity contribution in [3.8, 4) is 22.3 Å². The Kier molecular flexibility index (Phi) is 7.42. The largest absolute Gasteiger partial charge is 0.310 e. The number of para-hydroxylation sites is 1. The normalized spacial score (nSPS) is 12.9. The molecule has 1 aromatic heterocycles. The molecule has 0 fully saturated rings. The van der Waals surface area contributed by atoms with Gasteiger partial charge in [-0.05, 0) is 112 Å². The van der Waals surface area contributed by atoms with E-state index in [1.54, 1.807) is 0 Å². The highest BCUT2D eigenvalue weighted by Crippen LogP contribution is 2.58. The highest BCUT2D eigenvalue weighted by Gasteiger charge is 2.47. The molecule has 0 amide bonds. The summed E-state index contributed by atoms with van der Waals surface area (Å²) >= 11 is 1.86. The molecule has 10 rings (SSSR count).